The van der Waals surface area contributed by atoms with Crippen molar-refractivity contribution >= 4 is 32.7 Å². The molecule has 6 nitrogen and oxygen atoms in total. The van der Waals surface area contributed by atoms with E-state index in [9.17, 15) is 13.5 Å². The molecule has 8 heteroatoms. The molecule has 0 amide bonds. The molecule has 0 bridgehead atoms. The van der Waals surface area contributed by atoms with Crippen molar-refractivity contribution < 1.29 is 13.5 Å². The molecule has 3 heterocycles. The molecular weight excluding hydrogens is 386 g/mol. The number of aliphatic hydroxyl groups is 1. The fourth-order valence-electron chi connectivity index (χ4n) is 2.91. The summed E-state index contributed by atoms with van der Waals surface area (Å²) in [6.07, 6.45) is 3.27. The van der Waals surface area contributed by atoms with E-state index in [1.807, 2.05) is 0 Å². The smallest absolute Gasteiger partial charge is 0.269 e. The molecule has 0 spiro atoms. The van der Waals surface area contributed by atoms with Crippen LogP contribution in [0.4, 0.5) is 0 Å². The molecule has 0 radical (unpaired) electrons. The van der Waals surface area contributed by atoms with Crippen molar-refractivity contribution in [2.75, 3.05) is 0 Å². The van der Waals surface area contributed by atoms with Gasteiger partial charge in [0.15, 0.2) is 5.65 Å². The highest BCUT2D eigenvalue weighted by atomic mass is 35.5. The summed E-state index contributed by atoms with van der Waals surface area (Å²) in [6, 6.07) is 14.4. The van der Waals surface area contributed by atoms with Gasteiger partial charge in [-0.25, -0.2) is 17.4 Å². The van der Waals surface area contributed by atoms with E-state index >= 15 is 0 Å². The number of aromatic nitrogens is 3. The molecule has 1 aromatic carbocycles. The third-order valence-corrected chi connectivity index (χ3v) is 6.26. The number of benzene rings is 1. The summed E-state index contributed by atoms with van der Waals surface area (Å²) in [4.78, 5) is 8.28. The zero-order chi connectivity index (χ0) is 19.0. The highest BCUT2D eigenvalue weighted by Gasteiger charge is 2.28. The average molecular weight is 400 g/mol. The Labute approximate surface area is 160 Å². The number of fused-ring (bicyclic) bond motifs is 1. The molecule has 1 N–H and O–H groups in total. The van der Waals surface area contributed by atoms with Crippen LogP contribution in [0.3, 0.4) is 0 Å². The van der Waals surface area contributed by atoms with Gasteiger partial charge in [-0.1, -0.05) is 35.9 Å². The van der Waals surface area contributed by atoms with Gasteiger partial charge in [-0.3, -0.25) is 4.98 Å². The lowest BCUT2D eigenvalue weighted by atomic mass is 10.1. The number of aliphatic hydroxyl groups excluding tert-OH is 1. The molecule has 1 unspecified atom stereocenters. The monoisotopic (exact) mass is 399 g/mol. The molecule has 1 atom stereocenters. The summed E-state index contributed by atoms with van der Waals surface area (Å²) in [5.41, 5.74) is 0.757. The first-order valence-corrected chi connectivity index (χ1v) is 9.86. The van der Waals surface area contributed by atoms with Crippen LogP contribution in [-0.2, 0) is 10.0 Å². The minimum Gasteiger partial charge on any atom is -0.382 e. The molecule has 136 valence electrons. The molecule has 27 heavy (non-hydrogen) atoms. The Kier molecular flexibility index (Phi) is 4.43. The molecular formula is C19H14ClN3O3S. The van der Waals surface area contributed by atoms with Crippen LogP contribution >= 0.6 is 11.6 Å². The van der Waals surface area contributed by atoms with E-state index in [4.69, 9.17) is 11.6 Å². The van der Waals surface area contributed by atoms with Gasteiger partial charge in [-0.15, -0.1) is 0 Å². The van der Waals surface area contributed by atoms with E-state index < -0.39 is 16.1 Å². The quantitative estimate of drug-likeness (QED) is 0.568. The molecule has 4 rings (SSSR count). The molecule has 0 aliphatic heterocycles. The van der Waals surface area contributed by atoms with Gasteiger partial charge in [-0.2, -0.15) is 0 Å². The van der Waals surface area contributed by atoms with Crippen molar-refractivity contribution in [2.45, 2.75) is 11.0 Å². The van der Waals surface area contributed by atoms with Crippen molar-refractivity contribution in [3.8, 4) is 0 Å². The van der Waals surface area contributed by atoms with Gasteiger partial charge < -0.3 is 5.11 Å². The summed E-state index contributed by atoms with van der Waals surface area (Å²) in [5.74, 6) is 0. The summed E-state index contributed by atoms with van der Waals surface area (Å²) in [5, 5.41) is 11.7. The van der Waals surface area contributed by atoms with Crippen LogP contribution in [0, 0.1) is 0 Å². The first-order valence-electron chi connectivity index (χ1n) is 8.04. The van der Waals surface area contributed by atoms with Gasteiger partial charge in [0.25, 0.3) is 10.0 Å². The first-order chi connectivity index (χ1) is 13.0. The number of hydrogen-bond acceptors (Lipinski definition) is 5. The van der Waals surface area contributed by atoms with Crippen molar-refractivity contribution in [1.82, 2.24) is 13.9 Å². The van der Waals surface area contributed by atoms with Crippen LogP contribution in [0.5, 0.6) is 0 Å². The van der Waals surface area contributed by atoms with Crippen LogP contribution in [0.15, 0.2) is 78.1 Å². The van der Waals surface area contributed by atoms with E-state index in [0.717, 1.165) is 3.97 Å². The molecule has 0 saturated carbocycles. The van der Waals surface area contributed by atoms with Crippen molar-refractivity contribution in [2.24, 2.45) is 0 Å². The largest absolute Gasteiger partial charge is 0.382 e. The van der Waals surface area contributed by atoms with Gasteiger partial charge in [0.2, 0.25) is 0 Å². The van der Waals surface area contributed by atoms with Crippen LogP contribution in [0.25, 0.3) is 11.0 Å². The zero-order valence-electron chi connectivity index (χ0n) is 13.9. The lowest BCUT2D eigenvalue weighted by Gasteiger charge is -2.15. The summed E-state index contributed by atoms with van der Waals surface area (Å²) < 4.78 is 27.7. The predicted octanol–water partition coefficient (Wildman–Crippen LogP) is 3.40. The van der Waals surface area contributed by atoms with Gasteiger partial charge >= 0.3 is 0 Å². The lowest BCUT2D eigenvalue weighted by Crippen LogP contribution is -2.18. The Balaban J connectivity index is 2.03. The Morgan fingerprint density at radius 1 is 1.04 bits per heavy atom. The standard InChI is InChI=1S/C19H14ClN3O3S/c20-16-8-10-22-19-15(16)11-17(18(24)13-5-4-9-21-12-13)23(19)27(25,26)14-6-2-1-3-7-14/h1-12,18,24H. The van der Waals surface area contributed by atoms with Crippen LogP contribution in [-0.4, -0.2) is 27.5 Å². The second-order valence-corrected chi connectivity index (χ2v) is 8.06. The van der Waals surface area contributed by atoms with E-state index in [-0.39, 0.29) is 16.2 Å². The number of nitrogens with zero attached hydrogens (tertiary/aromatic N) is 3. The number of hydrogen-bond donors (Lipinski definition) is 1. The summed E-state index contributed by atoms with van der Waals surface area (Å²) in [6.45, 7) is 0. The topological polar surface area (TPSA) is 85.1 Å². The zero-order valence-corrected chi connectivity index (χ0v) is 15.5. The SMILES string of the molecule is O=S(=O)(c1ccccc1)n1c(C(O)c2cccnc2)cc2c(Cl)ccnc21. The fourth-order valence-corrected chi connectivity index (χ4v) is 4.62. The maximum Gasteiger partial charge on any atom is 0.269 e. The minimum absolute atomic E-state index is 0.0870. The highest BCUT2D eigenvalue weighted by molar-refractivity contribution is 7.90. The van der Waals surface area contributed by atoms with Gasteiger partial charge in [-0.05, 0) is 30.3 Å². The molecule has 4 aromatic rings. The molecule has 3 aromatic heterocycles. The Morgan fingerprint density at radius 3 is 2.52 bits per heavy atom. The van der Waals surface area contributed by atoms with Crippen LogP contribution in [0.2, 0.25) is 5.02 Å². The van der Waals surface area contributed by atoms with Crippen molar-refractivity contribution in [3.05, 3.63) is 89.5 Å². The Bertz CT molecular complexity index is 1210. The van der Waals surface area contributed by atoms with Crippen LogP contribution < -0.4 is 0 Å². The van der Waals surface area contributed by atoms with Gasteiger partial charge in [0.1, 0.15) is 6.10 Å². The van der Waals surface area contributed by atoms with Crippen LogP contribution in [0.1, 0.15) is 17.4 Å². The second-order valence-electron chi connectivity index (χ2n) is 5.87. The second kappa shape index (κ2) is 6.77. The van der Waals surface area contributed by atoms with Crippen molar-refractivity contribution in [3.63, 3.8) is 0 Å². The highest BCUT2D eigenvalue weighted by Crippen LogP contribution is 2.33. The van der Waals surface area contributed by atoms with E-state index in [0.29, 0.717) is 16.0 Å². The predicted molar refractivity (Wildman–Crippen MR) is 102 cm³/mol. The summed E-state index contributed by atoms with van der Waals surface area (Å²) >= 11 is 6.25. The van der Waals surface area contributed by atoms with E-state index in [1.54, 1.807) is 48.7 Å². The third-order valence-electron chi connectivity index (χ3n) is 4.20. The normalized spacial score (nSPS) is 13.0. The third kappa shape index (κ3) is 2.99. The summed E-state index contributed by atoms with van der Waals surface area (Å²) in [7, 11) is -4.01. The van der Waals surface area contributed by atoms with E-state index in [2.05, 4.69) is 9.97 Å². The number of pyridine rings is 2. The van der Waals surface area contributed by atoms with Crippen molar-refractivity contribution in [1.29, 1.82) is 0 Å². The minimum atomic E-state index is -4.01. The molecule has 0 saturated heterocycles. The fraction of sp³-hybridized carbons (Fsp3) is 0.0526. The van der Waals surface area contributed by atoms with Gasteiger partial charge in [0, 0.05) is 29.5 Å². The first kappa shape index (κ1) is 17.7. The average Bonchev–Trinajstić information content (AvgIpc) is 3.10. The molecule has 0 aliphatic rings. The maximum atomic E-state index is 13.3. The number of halogens is 1. The Morgan fingerprint density at radius 2 is 1.81 bits per heavy atom. The molecule has 0 aliphatic carbocycles. The lowest BCUT2D eigenvalue weighted by molar-refractivity contribution is 0.214. The van der Waals surface area contributed by atoms with E-state index in [1.165, 1.54) is 24.5 Å². The number of rotatable bonds is 4. The molecule has 0 fully saturated rings. The van der Waals surface area contributed by atoms with Gasteiger partial charge in [0.05, 0.1) is 15.6 Å². The maximum absolute atomic E-state index is 13.3. The Hall–Kier alpha value is -2.74.